The first kappa shape index (κ1) is 18.4. The van der Waals surface area contributed by atoms with Crippen LogP contribution in [0.4, 0.5) is 0 Å². The first-order chi connectivity index (χ1) is 13.5. The van der Waals surface area contributed by atoms with Crippen molar-refractivity contribution in [1.29, 1.82) is 0 Å². The summed E-state index contributed by atoms with van der Waals surface area (Å²) in [5.41, 5.74) is 4.49. The van der Waals surface area contributed by atoms with E-state index in [0.29, 0.717) is 31.2 Å². The van der Waals surface area contributed by atoms with Gasteiger partial charge in [-0.05, 0) is 37.0 Å². The van der Waals surface area contributed by atoms with Gasteiger partial charge in [0.05, 0.1) is 5.92 Å². The second-order valence-corrected chi connectivity index (χ2v) is 7.79. The Hall–Kier alpha value is -2.95. The predicted molar refractivity (Wildman–Crippen MR) is 108 cm³/mol. The normalized spacial score (nSPS) is 17.9. The van der Waals surface area contributed by atoms with E-state index >= 15 is 0 Å². The molecule has 0 radical (unpaired) electrons. The number of carbonyl (C=O) groups excluding carboxylic acids is 1. The molecule has 4 rings (SSSR count). The number of hydrogen-bond acceptors (Lipinski definition) is 4. The molecule has 0 spiro atoms. The Labute approximate surface area is 165 Å². The van der Waals surface area contributed by atoms with Crippen molar-refractivity contribution in [3.8, 4) is 11.4 Å². The van der Waals surface area contributed by atoms with E-state index in [-0.39, 0.29) is 17.7 Å². The van der Waals surface area contributed by atoms with E-state index in [9.17, 15) is 4.79 Å². The largest absolute Gasteiger partial charge is 0.341 e. The molecule has 0 N–H and O–H groups in total. The van der Waals surface area contributed by atoms with Gasteiger partial charge >= 0.3 is 0 Å². The van der Waals surface area contributed by atoms with E-state index in [4.69, 9.17) is 4.52 Å². The van der Waals surface area contributed by atoms with Crippen LogP contribution in [0.5, 0.6) is 0 Å². The minimum atomic E-state index is -0.0400. The molecular weight excluding hydrogens is 350 g/mol. The molecule has 5 heteroatoms. The van der Waals surface area contributed by atoms with Gasteiger partial charge in [-0.1, -0.05) is 60.1 Å². The Bertz CT molecular complexity index is 981. The number of aromatic nitrogens is 2. The Morgan fingerprint density at radius 2 is 1.96 bits per heavy atom. The van der Waals surface area contributed by atoms with Crippen LogP contribution in [0.15, 0.2) is 53.1 Å². The van der Waals surface area contributed by atoms with E-state index in [1.165, 1.54) is 5.56 Å². The van der Waals surface area contributed by atoms with E-state index in [0.717, 1.165) is 16.7 Å². The number of carbonyl (C=O) groups is 1. The van der Waals surface area contributed by atoms with Crippen LogP contribution < -0.4 is 0 Å². The van der Waals surface area contributed by atoms with Gasteiger partial charge < -0.3 is 9.42 Å². The van der Waals surface area contributed by atoms with Gasteiger partial charge in [-0.15, -0.1) is 0 Å². The van der Waals surface area contributed by atoms with Gasteiger partial charge in [0, 0.05) is 25.1 Å². The molecule has 2 unspecified atom stereocenters. The van der Waals surface area contributed by atoms with E-state index in [1.807, 2.05) is 36.9 Å². The van der Waals surface area contributed by atoms with Crippen LogP contribution in [0.3, 0.4) is 0 Å². The second kappa shape index (κ2) is 7.58. The van der Waals surface area contributed by atoms with Crippen molar-refractivity contribution in [2.75, 3.05) is 13.1 Å². The maximum absolute atomic E-state index is 12.5. The molecule has 2 heterocycles. The Morgan fingerprint density at radius 1 is 1.18 bits per heavy atom. The van der Waals surface area contributed by atoms with Crippen LogP contribution in [0.25, 0.3) is 11.4 Å². The van der Waals surface area contributed by atoms with Gasteiger partial charge in [-0.3, -0.25) is 4.79 Å². The van der Waals surface area contributed by atoms with Gasteiger partial charge in [-0.2, -0.15) is 4.98 Å². The zero-order chi connectivity index (χ0) is 19.7. The summed E-state index contributed by atoms with van der Waals surface area (Å²) in [6, 6.07) is 16.5. The number of aryl methyl sites for hydroxylation is 2. The van der Waals surface area contributed by atoms with Crippen molar-refractivity contribution < 1.29 is 9.32 Å². The number of likely N-dealkylation sites (tertiary alicyclic amines) is 1. The summed E-state index contributed by atoms with van der Waals surface area (Å²) in [6.07, 6.45) is 0.427. The quantitative estimate of drug-likeness (QED) is 0.660. The Morgan fingerprint density at radius 3 is 2.75 bits per heavy atom. The zero-order valence-corrected chi connectivity index (χ0v) is 16.6. The highest BCUT2D eigenvalue weighted by Crippen LogP contribution is 2.31. The number of nitrogens with zero attached hydrogens (tertiary/aromatic N) is 3. The molecule has 1 fully saturated rings. The van der Waals surface area contributed by atoms with Gasteiger partial charge in [0.2, 0.25) is 17.6 Å². The fourth-order valence-corrected chi connectivity index (χ4v) is 3.82. The van der Waals surface area contributed by atoms with Crippen LogP contribution in [-0.4, -0.2) is 34.0 Å². The second-order valence-electron chi connectivity index (χ2n) is 7.79. The molecule has 1 amide bonds. The summed E-state index contributed by atoms with van der Waals surface area (Å²) >= 11 is 0. The van der Waals surface area contributed by atoms with Gasteiger partial charge in [0.15, 0.2) is 0 Å². The van der Waals surface area contributed by atoms with Gasteiger partial charge in [0.1, 0.15) is 0 Å². The number of amides is 1. The van der Waals surface area contributed by atoms with Crippen molar-refractivity contribution in [2.24, 2.45) is 0 Å². The van der Waals surface area contributed by atoms with Crippen molar-refractivity contribution in [2.45, 2.75) is 39.0 Å². The van der Waals surface area contributed by atoms with Gasteiger partial charge in [-0.25, -0.2) is 0 Å². The maximum atomic E-state index is 12.5. The Balaban J connectivity index is 1.47. The lowest BCUT2D eigenvalue weighted by molar-refractivity contribution is -0.127. The lowest BCUT2D eigenvalue weighted by atomic mass is 10.0. The third-order valence-corrected chi connectivity index (χ3v) is 5.50. The van der Waals surface area contributed by atoms with E-state index < -0.39 is 0 Å². The molecule has 1 aliphatic heterocycles. The molecule has 2 atom stereocenters. The molecule has 1 aliphatic rings. The SMILES string of the molecule is Cc1ccc(C)c(-c2noc(C3CC(=O)N(CC(C)c4ccccc4)C3)n2)c1. The number of hydrogen-bond donors (Lipinski definition) is 0. The van der Waals surface area contributed by atoms with Crippen LogP contribution in [-0.2, 0) is 4.79 Å². The first-order valence-electron chi connectivity index (χ1n) is 9.75. The summed E-state index contributed by atoms with van der Waals surface area (Å²) in [6.45, 7) is 7.57. The molecule has 2 aromatic carbocycles. The molecule has 3 aromatic rings. The molecule has 28 heavy (non-hydrogen) atoms. The van der Waals surface area contributed by atoms with Crippen molar-refractivity contribution in [3.05, 3.63) is 71.1 Å². The smallest absolute Gasteiger partial charge is 0.232 e. The third-order valence-electron chi connectivity index (χ3n) is 5.50. The molecular formula is C23H25N3O2. The molecule has 0 aliphatic carbocycles. The summed E-state index contributed by atoms with van der Waals surface area (Å²) in [5, 5.41) is 4.18. The molecule has 144 valence electrons. The predicted octanol–water partition coefficient (Wildman–Crippen LogP) is 4.47. The van der Waals surface area contributed by atoms with Gasteiger partial charge in [0.25, 0.3) is 0 Å². The van der Waals surface area contributed by atoms with Crippen molar-refractivity contribution in [1.82, 2.24) is 15.0 Å². The minimum Gasteiger partial charge on any atom is -0.341 e. The monoisotopic (exact) mass is 375 g/mol. The van der Waals surface area contributed by atoms with Crippen LogP contribution in [0.2, 0.25) is 0 Å². The lowest BCUT2D eigenvalue weighted by Gasteiger charge is -2.21. The zero-order valence-electron chi connectivity index (χ0n) is 16.6. The summed E-state index contributed by atoms with van der Waals surface area (Å²) in [7, 11) is 0. The third kappa shape index (κ3) is 3.70. The van der Waals surface area contributed by atoms with Crippen LogP contribution in [0, 0.1) is 13.8 Å². The van der Waals surface area contributed by atoms with E-state index in [2.05, 4.69) is 47.4 Å². The first-order valence-corrected chi connectivity index (χ1v) is 9.75. The molecule has 1 saturated heterocycles. The maximum Gasteiger partial charge on any atom is 0.232 e. The minimum absolute atomic E-state index is 0.0400. The topological polar surface area (TPSA) is 59.2 Å². The fraction of sp³-hybridized carbons (Fsp3) is 0.348. The highest BCUT2D eigenvalue weighted by molar-refractivity contribution is 5.79. The summed E-state index contributed by atoms with van der Waals surface area (Å²) in [5.74, 6) is 1.55. The Kier molecular flexibility index (Phi) is 4.99. The molecule has 5 nitrogen and oxygen atoms in total. The molecule has 1 aromatic heterocycles. The highest BCUT2D eigenvalue weighted by atomic mass is 16.5. The lowest BCUT2D eigenvalue weighted by Crippen LogP contribution is -2.29. The molecule has 0 bridgehead atoms. The van der Waals surface area contributed by atoms with Crippen LogP contribution in [0.1, 0.15) is 47.8 Å². The number of rotatable bonds is 5. The standard InChI is InChI=1S/C23H25N3O2/c1-15-9-10-16(2)20(11-15)22-24-23(28-25-22)19-12-21(27)26(14-19)13-17(3)18-7-5-4-6-8-18/h4-11,17,19H,12-14H2,1-3H3. The van der Waals surface area contributed by atoms with Crippen molar-refractivity contribution in [3.63, 3.8) is 0 Å². The number of benzene rings is 2. The van der Waals surface area contributed by atoms with E-state index in [1.54, 1.807) is 0 Å². The highest BCUT2D eigenvalue weighted by Gasteiger charge is 2.35. The average molecular weight is 375 g/mol. The summed E-state index contributed by atoms with van der Waals surface area (Å²) in [4.78, 5) is 19.1. The fourth-order valence-electron chi connectivity index (χ4n) is 3.82. The van der Waals surface area contributed by atoms with Crippen LogP contribution >= 0.6 is 0 Å². The van der Waals surface area contributed by atoms with Crippen molar-refractivity contribution >= 4 is 5.91 Å². The average Bonchev–Trinajstić information content (AvgIpc) is 3.32. The molecule has 0 saturated carbocycles. The summed E-state index contributed by atoms with van der Waals surface area (Å²) < 4.78 is 5.54.